The molecule has 18 heavy (non-hydrogen) atoms. The van der Waals surface area contributed by atoms with Crippen LogP contribution in [0.25, 0.3) is 0 Å². The summed E-state index contributed by atoms with van der Waals surface area (Å²) in [7, 11) is 0. The number of alkyl halides is 1. The zero-order valence-electron chi connectivity index (χ0n) is 9.80. The van der Waals surface area contributed by atoms with Gasteiger partial charge in [-0.3, -0.25) is 0 Å². The Morgan fingerprint density at radius 3 is 2.39 bits per heavy atom. The number of anilines is 1. The van der Waals surface area contributed by atoms with Gasteiger partial charge in [0.1, 0.15) is 17.3 Å². The van der Waals surface area contributed by atoms with Gasteiger partial charge < -0.3 is 4.90 Å². The molecule has 0 aliphatic heterocycles. The Balaban J connectivity index is 2.32. The van der Waals surface area contributed by atoms with E-state index < -0.39 is 11.6 Å². The van der Waals surface area contributed by atoms with Crippen LogP contribution < -0.4 is 4.90 Å². The molecule has 1 saturated carbocycles. The van der Waals surface area contributed by atoms with Crippen LogP contribution in [0.3, 0.4) is 0 Å². The Bertz CT molecular complexity index is 457. The van der Waals surface area contributed by atoms with Gasteiger partial charge in [0.2, 0.25) is 0 Å². The van der Waals surface area contributed by atoms with Gasteiger partial charge >= 0.3 is 0 Å². The van der Waals surface area contributed by atoms with E-state index in [2.05, 4.69) is 15.9 Å². The van der Waals surface area contributed by atoms with Crippen LogP contribution in [0, 0.1) is 23.0 Å². The Morgan fingerprint density at radius 1 is 1.33 bits per heavy atom. The summed E-state index contributed by atoms with van der Waals surface area (Å²) in [6, 6.07) is 4.88. The first-order valence-electron chi connectivity index (χ1n) is 5.85. The maximum atomic E-state index is 14.0. The molecule has 0 bridgehead atoms. The first-order valence-corrected chi connectivity index (χ1v) is 6.97. The Labute approximate surface area is 113 Å². The van der Waals surface area contributed by atoms with Crippen molar-refractivity contribution in [2.75, 3.05) is 11.4 Å². The average molecular weight is 315 g/mol. The quantitative estimate of drug-likeness (QED) is 0.774. The Kier molecular flexibility index (Phi) is 4.18. The van der Waals surface area contributed by atoms with Crippen LogP contribution in [-0.2, 0) is 5.33 Å². The maximum Gasteiger partial charge on any atom is 0.149 e. The van der Waals surface area contributed by atoms with Gasteiger partial charge in [-0.25, -0.2) is 8.78 Å². The van der Waals surface area contributed by atoms with Crippen LogP contribution in [0.15, 0.2) is 12.1 Å². The van der Waals surface area contributed by atoms with Gasteiger partial charge in [-0.15, -0.1) is 0 Å². The smallest absolute Gasteiger partial charge is 0.149 e. The van der Waals surface area contributed by atoms with Gasteiger partial charge in [0, 0.05) is 17.9 Å². The van der Waals surface area contributed by atoms with E-state index in [1.54, 1.807) is 4.90 Å². The first-order chi connectivity index (χ1) is 8.67. The standard InChI is InChI=1S/C13H13BrF2N2/c14-8-9-6-11(15)13(12(16)7-9)18(5-1-4-17)10-2-3-10/h6-7,10H,1-3,5,8H2. The largest absolute Gasteiger partial charge is 0.363 e. The molecule has 0 spiro atoms. The summed E-state index contributed by atoms with van der Waals surface area (Å²) in [5.41, 5.74) is 0.585. The second kappa shape index (κ2) is 5.66. The zero-order valence-corrected chi connectivity index (χ0v) is 11.4. The molecule has 5 heteroatoms. The van der Waals surface area contributed by atoms with E-state index >= 15 is 0 Å². The van der Waals surface area contributed by atoms with Crippen LogP contribution in [0.1, 0.15) is 24.8 Å². The molecular formula is C13H13BrF2N2. The molecule has 1 aromatic rings. The third-order valence-electron chi connectivity index (χ3n) is 2.97. The SMILES string of the molecule is N#CCCN(c1c(F)cc(CBr)cc1F)C1CC1. The van der Waals surface area contributed by atoms with Crippen molar-refractivity contribution in [1.82, 2.24) is 0 Å². The fourth-order valence-corrected chi connectivity index (χ4v) is 2.33. The van der Waals surface area contributed by atoms with E-state index in [0.29, 0.717) is 17.4 Å². The Hall–Kier alpha value is -1.15. The highest BCUT2D eigenvalue weighted by Gasteiger charge is 2.32. The molecule has 0 N–H and O–H groups in total. The monoisotopic (exact) mass is 314 g/mol. The van der Waals surface area contributed by atoms with Crippen LogP contribution in [-0.4, -0.2) is 12.6 Å². The van der Waals surface area contributed by atoms with Crippen molar-refractivity contribution in [2.24, 2.45) is 0 Å². The van der Waals surface area contributed by atoms with E-state index in [-0.39, 0.29) is 18.2 Å². The number of halogens is 3. The number of benzene rings is 1. The molecule has 1 aliphatic rings. The molecule has 0 saturated heterocycles. The third kappa shape index (κ3) is 2.81. The van der Waals surface area contributed by atoms with Crippen LogP contribution in [0.5, 0.6) is 0 Å². The molecule has 0 aromatic heterocycles. The summed E-state index contributed by atoms with van der Waals surface area (Å²) in [6.45, 7) is 0.378. The molecule has 1 aliphatic carbocycles. The lowest BCUT2D eigenvalue weighted by Crippen LogP contribution is -2.28. The third-order valence-corrected chi connectivity index (χ3v) is 3.62. The number of hydrogen-bond donors (Lipinski definition) is 0. The predicted octanol–water partition coefficient (Wildman–Crippen LogP) is 3.74. The summed E-state index contributed by atoms with van der Waals surface area (Å²) in [4.78, 5) is 1.69. The Morgan fingerprint density at radius 2 is 1.94 bits per heavy atom. The fourth-order valence-electron chi connectivity index (χ4n) is 2.00. The van der Waals surface area contributed by atoms with E-state index in [1.807, 2.05) is 6.07 Å². The molecular weight excluding hydrogens is 302 g/mol. The summed E-state index contributed by atoms with van der Waals surface area (Å²) < 4.78 is 28.0. The second-order valence-corrected chi connectivity index (χ2v) is 4.94. The average Bonchev–Trinajstić information content (AvgIpc) is 3.16. The molecule has 96 valence electrons. The van der Waals surface area contributed by atoms with E-state index in [1.165, 1.54) is 12.1 Å². The van der Waals surface area contributed by atoms with Crippen molar-refractivity contribution in [3.63, 3.8) is 0 Å². The lowest BCUT2D eigenvalue weighted by Gasteiger charge is -2.24. The van der Waals surface area contributed by atoms with Crippen molar-refractivity contribution in [3.8, 4) is 6.07 Å². The molecule has 2 nitrogen and oxygen atoms in total. The molecule has 0 unspecified atom stereocenters. The minimum Gasteiger partial charge on any atom is -0.363 e. The molecule has 2 rings (SSSR count). The normalized spacial score (nSPS) is 14.3. The molecule has 0 amide bonds. The van der Waals surface area contributed by atoms with E-state index in [4.69, 9.17) is 5.26 Å². The highest BCUT2D eigenvalue weighted by Crippen LogP contribution is 2.35. The molecule has 1 aromatic carbocycles. The van der Waals surface area contributed by atoms with Crippen LogP contribution >= 0.6 is 15.9 Å². The topological polar surface area (TPSA) is 27.0 Å². The molecule has 0 atom stereocenters. The summed E-state index contributed by atoms with van der Waals surface area (Å²) in [6.07, 6.45) is 2.14. The summed E-state index contributed by atoms with van der Waals surface area (Å²) in [5, 5.41) is 9.03. The lowest BCUT2D eigenvalue weighted by atomic mass is 10.2. The fraction of sp³-hybridized carbons (Fsp3) is 0.462. The van der Waals surface area contributed by atoms with Crippen LogP contribution in [0.4, 0.5) is 14.5 Å². The van der Waals surface area contributed by atoms with Crippen molar-refractivity contribution >= 4 is 21.6 Å². The number of rotatable bonds is 5. The maximum absolute atomic E-state index is 14.0. The zero-order chi connectivity index (χ0) is 13.1. The van der Waals surface area contributed by atoms with Gasteiger partial charge in [0.05, 0.1) is 12.5 Å². The second-order valence-electron chi connectivity index (χ2n) is 4.37. The van der Waals surface area contributed by atoms with Gasteiger partial charge in [-0.05, 0) is 30.5 Å². The first kappa shape index (κ1) is 13.3. The van der Waals surface area contributed by atoms with Gasteiger partial charge in [-0.1, -0.05) is 15.9 Å². The van der Waals surface area contributed by atoms with Crippen molar-refractivity contribution in [2.45, 2.75) is 30.6 Å². The van der Waals surface area contributed by atoms with E-state index in [9.17, 15) is 8.78 Å². The highest BCUT2D eigenvalue weighted by molar-refractivity contribution is 9.08. The summed E-state index contributed by atoms with van der Waals surface area (Å²) >= 11 is 3.18. The van der Waals surface area contributed by atoms with Crippen molar-refractivity contribution in [3.05, 3.63) is 29.3 Å². The van der Waals surface area contributed by atoms with Gasteiger partial charge in [0.25, 0.3) is 0 Å². The minimum atomic E-state index is -0.547. The predicted molar refractivity (Wildman–Crippen MR) is 69.6 cm³/mol. The van der Waals surface area contributed by atoms with Crippen molar-refractivity contribution < 1.29 is 8.78 Å². The summed E-state index contributed by atoms with van der Waals surface area (Å²) in [5.74, 6) is -1.09. The highest BCUT2D eigenvalue weighted by atomic mass is 79.9. The lowest BCUT2D eigenvalue weighted by molar-refractivity contribution is 0.567. The molecule has 0 heterocycles. The number of nitrogens with zero attached hydrogens (tertiary/aromatic N) is 2. The molecule has 1 fully saturated rings. The molecule has 0 radical (unpaired) electrons. The van der Waals surface area contributed by atoms with Crippen molar-refractivity contribution in [1.29, 1.82) is 5.26 Å². The van der Waals surface area contributed by atoms with Crippen LogP contribution in [0.2, 0.25) is 0 Å². The minimum absolute atomic E-state index is 0.0115. The number of hydrogen-bond acceptors (Lipinski definition) is 2. The van der Waals surface area contributed by atoms with Gasteiger partial charge in [0.15, 0.2) is 0 Å². The number of nitriles is 1. The van der Waals surface area contributed by atoms with Gasteiger partial charge in [-0.2, -0.15) is 5.26 Å². The van der Waals surface area contributed by atoms with E-state index in [0.717, 1.165) is 12.8 Å².